The standard InChI is InChI=1S/C8H11N3O2S/c9-6(12)2-1-4-11-5-3-7(13)10-8(11)14/h3,5H,1-2,4H2,(H2,9,12)(H,10,13,14). The topological polar surface area (TPSA) is 80.9 Å². The minimum atomic E-state index is -0.332. The van der Waals surface area contributed by atoms with Crippen LogP contribution in [0.5, 0.6) is 0 Å². The van der Waals surface area contributed by atoms with Crippen LogP contribution in [0.1, 0.15) is 12.8 Å². The van der Waals surface area contributed by atoms with Crippen LogP contribution < -0.4 is 11.3 Å². The molecule has 3 N–H and O–H groups in total. The molecule has 0 radical (unpaired) electrons. The molecule has 0 atom stereocenters. The zero-order chi connectivity index (χ0) is 10.6. The van der Waals surface area contributed by atoms with Crippen LogP contribution in [-0.4, -0.2) is 15.5 Å². The van der Waals surface area contributed by atoms with Crippen molar-refractivity contribution in [2.75, 3.05) is 0 Å². The number of rotatable bonds is 4. The lowest BCUT2D eigenvalue weighted by Gasteiger charge is -2.03. The monoisotopic (exact) mass is 213 g/mol. The second-order valence-electron chi connectivity index (χ2n) is 2.87. The molecule has 0 saturated heterocycles. The molecule has 5 nitrogen and oxygen atoms in total. The van der Waals surface area contributed by atoms with Crippen molar-refractivity contribution in [1.82, 2.24) is 9.55 Å². The molecule has 1 aromatic heterocycles. The van der Waals surface area contributed by atoms with E-state index >= 15 is 0 Å². The largest absolute Gasteiger partial charge is 0.370 e. The summed E-state index contributed by atoms with van der Waals surface area (Å²) in [5.74, 6) is -0.332. The number of nitrogens with one attached hydrogen (secondary N) is 1. The van der Waals surface area contributed by atoms with Crippen LogP contribution in [0.25, 0.3) is 0 Å². The Morgan fingerprint density at radius 1 is 1.64 bits per heavy atom. The maximum atomic E-state index is 10.8. The smallest absolute Gasteiger partial charge is 0.251 e. The average Bonchev–Trinajstić information content (AvgIpc) is 2.08. The van der Waals surface area contributed by atoms with E-state index in [2.05, 4.69) is 4.98 Å². The molecule has 0 spiro atoms. The highest BCUT2D eigenvalue weighted by molar-refractivity contribution is 7.71. The molecule has 1 rings (SSSR count). The minimum absolute atomic E-state index is 0.221. The van der Waals surface area contributed by atoms with Crippen LogP contribution in [0, 0.1) is 4.77 Å². The van der Waals surface area contributed by atoms with Gasteiger partial charge in [-0.25, -0.2) is 0 Å². The van der Waals surface area contributed by atoms with Gasteiger partial charge in [-0.1, -0.05) is 0 Å². The van der Waals surface area contributed by atoms with Crippen LogP contribution in [0.3, 0.4) is 0 Å². The van der Waals surface area contributed by atoms with Gasteiger partial charge < -0.3 is 10.3 Å². The third-order valence-corrected chi connectivity index (χ3v) is 2.06. The Labute approximate surface area is 85.6 Å². The summed E-state index contributed by atoms with van der Waals surface area (Å²) in [6.45, 7) is 0.582. The van der Waals surface area contributed by atoms with E-state index in [1.807, 2.05) is 0 Å². The molecule has 14 heavy (non-hydrogen) atoms. The van der Waals surface area contributed by atoms with E-state index in [-0.39, 0.29) is 11.5 Å². The van der Waals surface area contributed by atoms with Crippen LogP contribution in [0.15, 0.2) is 17.1 Å². The second-order valence-corrected chi connectivity index (χ2v) is 3.26. The fourth-order valence-electron chi connectivity index (χ4n) is 1.04. The summed E-state index contributed by atoms with van der Waals surface area (Å²) in [6, 6.07) is 1.39. The average molecular weight is 213 g/mol. The predicted molar refractivity (Wildman–Crippen MR) is 54.3 cm³/mol. The molecule has 0 unspecified atom stereocenters. The highest BCUT2D eigenvalue weighted by atomic mass is 32.1. The number of hydrogen-bond acceptors (Lipinski definition) is 3. The van der Waals surface area contributed by atoms with Crippen molar-refractivity contribution in [2.24, 2.45) is 5.73 Å². The van der Waals surface area contributed by atoms with Gasteiger partial charge in [-0.3, -0.25) is 14.6 Å². The molecular formula is C8H11N3O2S. The van der Waals surface area contributed by atoms with Crippen molar-refractivity contribution in [3.05, 3.63) is 27.4 Å². The van der Waals surface area contributed by atoms with E-state index < -0.39 is 0 Å². The first kappa shape index (κ1) is 10.6. The number of carbonyl (C=O) groups excluding carboxylic acids is 1. The van der Waals surface area contributed by atoms with Crippen molar-refractivity contribution < 1.29 is 4.79 Å². The number of H-pyrrole nitrogens is 1. The molecule has 0 aromatic carbocycles. The van der Waals surface area contributed by atoms with Gasteiger partial charge in [0, 0.05) is 25.2 Å². The minimum Gasteiger partial charge on any atom is -0.370 e. The number of hydrogen-bond donors (Lipinski definition) is 2. The van der Waals surface area contributed by atoms with Crippen molar-refractivity contribution >= 4 is 18.1 Å². The highest BCUT2D eigenvalue weighted by Gasteiger charge is 1.96. The summed E-state index contributed by atoms with van der Waals surface area (Å²) in [5, 5.41) is 0. The predicted octanol–water partition coefficient (Wildman–Crippen LogP) is 0.171. The molecule has 0 aliphatic carbocycles. The summed E-state index contributed by atoms with van der Waals surface area (Å²) < 4.78 is 2.06. The lowest BCUT2D eigenvalue weighted by molar-refractivity contribution is -0.118. The molecular weight excluding hydrogens is 202 g/mol. The lowest BCUT2D eigenvalue weighted by Crippen LogP contribution is -2.14. The number of nitrogens with zero attached hydrogens (tertiary/aromatic N) is 1. The first-order valence-corrected chi connectivity index (χ1v) is 4.58. The Kier molecular flexibility index (Phi) is 3.58. The molecule has 6 heteroatoms. The quantitative estimate of drug-likeness (QED) is 0.700. The van der Waals surface area contributed by atoms with E-state index in [0.29, 0.717) is 24.2 Å². The van der Waals surface area contributed by atoms with Crippen LogP contribution >= 0.6 is 12.2 Å². The number of amides is 1. The van der Waals surface area contributed by atoms with Crippen molar-refractivity contribution in [3.8, 4) is 0 Å². The highest BCUT2D eigenvalue weighted by Crippen LogP contribution is 1.94. The maximum absolute atomic E-state index is 10.8. The van der Waals surface area contributed by atoms with Gasteiger partial charge in [-0.2, -0.15) is 0 Å². The van der Waals surface area contributed by atoms with E-state index in [4.69, 9.17) is 18.0 Å². The first-order valence-electron chi connectivity index (χ1n) is 4.17. The zero-order valence-corrected chi connectivity index (χ0v) is 8.34. The fraction of sp³-hybridized carbons (Fsp3) is 0.375. The summed E-state index contributed by atoms with van der Waals surface area (Å²) in [7, 11) is 0. The summed E-state index contributed by atoms with van der Waals surface area (Å²) >= 11 is 4.91. The number of aryl methyl sites for hydroxylation is 1. The van der Waals surface area contributed by atoms with Crippen molar-refractivity contribution in [2.45, 2.75) is 19.4 Å². The summed E-state index contributed by atoms with van der Waals surface area (Å²) in [5.41, 5.74) is 4.77. The van der Waals surface area contributed by atoms with Gasteiger partial charge >= 0.3 is 0 Å². The number of nitrogens with two attached hydrogens (primary N) is 1. The Morgan fingerprint density at radius 2 is 2.36 bits per heavy atom. The van der Waals surface area contributed by atoms with Crippen LogP contribution in [0.2, 0.25) is 0 Å². The van der Waals surface area contributed by atoms with E-state index in [1.54, 1.807) is 10.8 Å². The third-order valence-electron chi connectivity index (χ3n) is 1.72. The van der Waals surface area contributed by atoms with E-state index in [1.165, 1.54) is 6.07 Å². The zero-order valence-electron chi connectivity index (χ0n) is 7.53. The Bertz CT molecular complexity index is 435. The molecule has 1 amide bonds. The summed E-state index contributed by atoms with van der Waals surface area (Å²) in [6.07, 6.45) is 2.54. The van der Waals surface area contributed by atoms with Gasteiger partial charge in [0.2, 0.25) is 5.91 Å². The Hall–Kier alpha value is -1.43. The molecule has 0 aliphatic rings. The summed E-state index contributed by atoms with van der Waals surface area (Å²) in [4.78, 5) is 23.8. The molecule has 0 bridgehead atoms. The van der Waals surface area contributed by atoms with Gasteiger partial charge in [0.15, 0.2) is 4.77 Å². The molecule has 1 heterocycles. The number of aromatic amines is 1. The third kappa shape index (κ3) is 3.14. The first-order chi connectivity index (χ1) is 6.59. The number of primary amides is 1. The van der Waals surface area contributed by atoms with E-state index in [0.717, 1.165) is 0 Å². The second kappa shape index (κ2) is 4.71. The number of carbonyl (C=O) groups is 1. The van der Waals surface area contributed by atoms with Gasteiger partial charge in [-0.05, 0) is 18.6 Å². The Morgan fingerprint density at radius 3 is 2.93 bits per heavy atom. The van der Waals surface area contributed by atoms with Gasteiger partial charge in [0.1, 0.15) is 0 Å². The van der Waals surface area contributed by atoms with Crippen LogP contribution in [-0.2, 0) is 11.3 Å². The number of aromatic nitrogens is 2. The molecule has 76 valence electrons. The molecule has 0 saturated carbocycles. The van der Waals surface area contributed by atoms with Crippen molar-refractivity contribution in [3.63, 3.8) is 0 Å². The van der Waals surface area contributed by atoms with Crippen LogP contribution in [0.4, 0.5) is 0 Å². The molecule has 0 fully saturated rings. The normalized spacial score (nSPS) is 10.0. The SMILES string of the molecule is NC(=O)CCCn1ccc(=O)[nH]c1=S. The van der Waals surface area contributed by atoms with Crippen molar-refractivity contribution in [1.29, 1.82) is 0 Å². The fourth-order valence-corrected chi connectivity index (χ4v) is 1.30. The van der Waals surface area contributed by atoms with Gasteiger partial charge in [0.25, 0.3) is 5.56 Å². The molecule has 1 aromatic rings. The maximum Gasteiger partial charge on any atom is 0.251 e. The lowest BCUT2D eigenvalue weighted by atomic mass is 10.3. The van der Waals surface area contributed by atoms with Gasteiger partial charge in [-0.15, -0.1) is 0 Å². The Balaban J connectivity index is 2.64. The van der Waals surface area contributed by atoms with Gasteiger partial charge in [0.05, 0.1) is 0 Å². The van der Waals surface area contributed by atoms with E-state index in [9.17, 15) is 9.59 Å². The molecule has 0 aliphatic heterocycles.